The second kappa shape index (κ2) is 5.29. The lowest BCUT2D eigenvalue weighted by molar-refractivity contribution is -0.134. The lowest BCUT2D eigenvalue weighted by Gasteiger charge is -2.04. The zero-order valence-corrected chi connectivity index (χ0v) is 8.95. The van der Waals surface area contributed by atoms with Crippen molar-refractivity contribution in [2.24, 2.45) is 0 Å². The third-order valence-corrected chi connectivity index (χ3v) is 2.00. The molecule has 0 bridgehead atoms. The predicted octanol–water partition coefficient (Wildman–Crippen LogP) is 2.59. The number of ether oxygens (including phenoxy) is 1. The summed E-state index contributed by atoms with van der Waals surface area (Å²) in [6, 6.07) is 6.69. The van der Waals surface area contributed by atoms with E-state index in [0.29, 0.717) is 24.2 Å². The quantitative estimate of drug-likeness (QED) is 0.432. The van der Waals surface area contributed by atoms with E-state index < -0.39 is 0 Å². The van der Waals surface area contributed by atoms with Crippen LogP contribution in [-0.2, 0) is 4.79 Å². The van der Waals surface area contributed by atoms with Crippen LogP contribution in [0, 0.1) is 0 Å². The molecule has 0 amide bonds. The Morgan fingerprint density at radius 3 is 2.53 bits per heavy atom. The van der Waals surface area contributed by atoms with Crippen LogP contribution in [-0.4, -0.2) is 11.8 Å². The molecule has 0 aromatic heterocycles. The van der Waals surface area contributed by atoms with Crippen molar-refractivity contribution in [2.75, 3.05) is 0 Å². The number of hydrogen-bond donors (Lipinski definition) is 0. The van der Waals surface area contributed by atoms with Gasteiger partial charge in [-0.15, -0.1) is 0 Å². The molecule has 0 saturated carbocycles. The molecule has 0 aliphatic rings. The van der Waals surface area contributed by atoms with E-state index in [1.165, 1.54) is 0 Å². The maximum Gasteiger partial charge on any atom is 0.310 e. The minimum atomic E-state index is -0.295. The van der Waals surface area contributed by atoms with Gasteiger partial charge in [0.2, 0.25) is 0 Å². The van der Waals surface area contributed by atoms with Gasteiger partial charge in [0.15, 0.2) is 5.78 Å². The predicted molar refractivity (Wildman–Crippen MR) is 57.0 cm³/mol. The highest BCUT2D eigenvalue weighted by Gasteiger charge is 2.06. The Balaban J connectivity index is 2.83. The van der Waals surface area contributed by atoms with Crippen LogP contribution in [0.25, 0.3) is 0 Å². The fourth-order valence-corrected chi connectivity index (χ4v) is 1.14. The van der Waals surface area contributed by atoms with Crippen LogP contribution in [0.2, 0.25) is 0 Å². The second-order valence-corrected chi connectivity index (χ2v) is 3.13. The van der Waals surface area contributed by atoms with E-state index in [1.807, 2.05) is 0 Å². The van der Waals surface area contributed by atoms with Crippen molar-refractivity contribution in [3.05, 3.63) is 29.8 Å². The molecule has 0 unspecified atom stereocenters. The number of esters is 1. The van der Waals surface area contributed by atoms with Gasteiger partial charge in [-0.1, -0.05) is 26.0 Å². The monoisotopic (exact) mass is 206 g/mol. The lowest BCUT2D eigenvalue weighted by Crippen LogP contribution is -2.06. The minimum Gasteiger partial charge on any atom is -0.427 e. The van der Waals surface area contributed by atoms with Crippen LogP contribution in [0.4, 0.5) is 0 Å². The number of benzene rings is 1. The van der Waals surface area contributed by atoms with Gasteiger partial charge in [-0.25, -0.2) is 0 Å². The van der Waals surface area contributed by atoms with Crippen molar-refractivity contribution in [1.29, 1.82) is 0 Å². The Kier molecular flexibility index (Phi) is 4.03. The molecule has 0 radical (unpaired) electrons. The number of Topliss-reactive ketones (excluding diaryl/α,β-unsaturated/α-hetero) is 1. The molecule has 0 spiro atoms. The first-order chi connectivity index (χ1) is 7.17. The minimum absolute atomic E-state index is 0.0457. The summed E-state index contributed by atoms with van der Waals surface area (Å²) in [5.74, 6) is 0.182. The number of hydrogen-bond acceptors (Lipinski definition) is 3. The molecule has 15 heavy (non-hydrogen) atoms. The molecule has 1 aromatic rings. The number of ketones is 1. The van der Waals surface area contributed by atoms with Crippen LogP contribution in [0.3, 0.4) is 0 Å². The van der Waals surface area contributed by atoms with Gasteiger partial charge in [-0.05, 0) is 12.1 Å². The molecule has 0 heterocycles. The fraction of sp³-hybridized carbons (Fsp3) is 0.333. The number of carbonyl (C=O) groups excluding carboxylic acids is 2. The second-order valence-electron chi connectivity index (χ2n) is 3.13. The summed E-state index contributed by atoms with van der Waals surface area (Å²) in [6.07, 6.45) is 0.775. The van der Waals surface area contributed by atoms with E-state index in [0.717, 1.165) is 0 Å². The molecule has 0 fully saturated rings. The zero-order valence-electron chi connectivity index (χ0n) is 8.95. The molecule has 3 nitrogen and oxygen atoms in total. The average Bonchev–Trinajstić information content (AvgIpc) is 2.28. The highest BCUT2D eigenvalue weighted by molar-refractivity contribution is 5.96. The molecular formula is C12H14O3. The van der Waals surface area contributed by atoms with Crippen molar-refractivity contribution < 1.29 is 14.3 Å². The lowest BCUT2D eigenvalue weighted by atomic mass is 10.1. The van der Waals surface area contributed by atoms with Crippen molar-refractivity contribution in [3.8, 4) is 5.75 Å². The van der Waals surface area contributed by atoms with Gasteiger partial charge in [0, 0.05) is 18.4 Å². The summed E-state index contributed by atoms with van der Waals surface area (Å²) in [7, 11) is 0. The largest absolute Gasteiger partial charge is 0.427 e. The molecule has 0 aliphatic heterocycles. The molecule has 0 aliphatic carbocycles. The number of carbonyl (C=O) groups is 2. The van der Waals surface area contributed by atoms with E-state index in [9.17, 15) is 9.59 Å². The summed E-state index contributed by atoms with van der Waals surface area (Å²) in [5, 5.41) is 0. The van der Waals surface area contributed by atoms with Crippen LogP contribution < -0.4 is 4.74 Å². The Morgan fingerprint density at radius 2 is 1.93 bits per heavy atom. The van der Waals surface area contributed by atoms with Crippen molar-refractivity contribution in [2.45, 2.75) is 26.7 Å². The molecule has 0 saturated heterocycles. The summed E-state index contributed by atoms with van der Waals surface area (Å²) >= 11 is 0. The Morgan fingerprint density at radius 1 is 1.20 bits per heavy atom. The first kappa shape index (κ1) is 11.4. The maximum absolute atomic E-state index is 11.4. The van der Waals surface area contributed by atoms with Crippen molar-refractivity contribution in [1.82, 2.24) is 0 Å². The van der Waals surface area contributed by atoms with E-state index in [2.05, 4.69) is 0 Å². The van der Waals surface area contributed by atoms with Gasteiger partial charge in [0.25, 0.3) is 0 Å². The Hall–Kier alpha value is -1.64. The molecule has 80 valence electrons. The third kappa shape index (κ3) is 3.20. The Bertz CT molecular complexity index is 369. The highest BCUT2D eigenvalue weighted by Crippen LogP contribution is 2.15. The molecule has 3 heteroatoms. The molecule has 0 atom stereocenters. The first-order valence-electron chi connectivity index (χ1n) is 5.01. The van der Waals surface area contributed by atoms with Gasteiger partial charge in [0.1, 0.15) is 5.75 Å². The highest BCUT2D eigenvalue weighted by atomic mass is 16.5. The maximum atomic E-state index is 11.4. The van der Waals surface area contributed by atoms with E-state index >= 15 is 0 Å². The van der Waals surface area contributed by atoms with Crippen molar-refractivity contribution >= 4 is 11.8 Å². The van der Waals surface area contributed by atoms with Gasteiger partial charge < -0.3 is 4.74 Å². The SMILES string of the molecule is CCC(=O)Oc1cccc(C(=O)CC)c1. The molecule has 1 rings (SSSR count). The standard InChI is InChI=1S/C12H14O3/c1-3-11(13)9-6-5-7-10(8-9)15-12(14)4-2/h5-8H,3-4H2,1-2H3. The van der Waals surface area contributed by atoms with Gasteiger partial charge >= 0.3 is 5.97 Å². The van der Waals surface area contributed by atoms with Crippen LogP contribution in [0.5, 0.6) is 5.75 Å². The average molecular weight is 206 g/mol. The Labute approximate surface area is 89.1 Å². The number of rotatable bonds is 4. The smallest absolute Gasteiger partial charge is 0.310 e. The van der Waals surface area contributed by atoms with Crippen molar-refractivity contribution in [3.63, 3.8) is 0 Å². The molecule has 1 aromatic carbocycles. The van der Waals surface area contributed by atoms with Gasteiger partial charge in [0.05, 0.1) is 0 Å². The summed E-state index contributed by atoms with van der Waals surface area (Å²) in [4.78, 5) is 22.4. The summed E-state index contributed by atoms with van der Waals surface area (Å²) < 4.78 is 5.01. The first-order valence-corrected chi connectivity index (χ1v) is 5.01. The normalized spacial score (nSPS) is 9.73. The van der Waals surface area contributed by atoms with Crippen LogP contribution in [0.15, 0.2) is 24.3 Å². The van der Waals surface area contributed by atoms with E-state index in [-0.39, 0.29) is 11.8 Å². The van der Waals surface area contributed by atoms with Crippen LogP contribution >= 0.6 is 0 Å². The molecular weight excluding hydrogens is 192 g/mol. The zero-order chi connectivity index (χ0) is 11.3. The summed E-state index contributed by atoms with van der Waals surface area (Å²) in [5.41, 5.74) is 0.582. The topological polar surface area (TPSA) is 43.4 Å². The third-order valence-electron chi connectivity index (χ3n) is 2.00. The summed E-state index contributed by atoms with van der Waals surface area (Å²) in [6.45, 7) is 3.52. The van der Waals surface area contributed by atoms with E-state index in [4.69, 9.17) is 4.74 Å². The van der Waals surface area contributed by atoms with E-state index in [1.54, 1.807) is 38.1 Å². The van der Waals surface area contributed by atoms with Crippen LogP contribution in [0.1, 0.15) is 37.0 Å². The fourth-order valence-electron chi connectivity index (χ4n) is 1.14. The van der Waals surface area contributed by atoms with Gasteiger partial charge in [-0.2, -0.15) is 0 Å². The van der Waals surface area contributed by atoms with Gasteiger partial charge in [-0.3, -0.25) is 9.59 Å². The molecule has 0 N–H and O–H groups in total.